The van der Waals surface area contributed by atoms with Gasteiger partial charge in [-0.2, -0.15) is 4.68 Å². The molecule has 9 nitrogen and oxygen atoms in total. The molecule has 9 heteroatoms. The largest absolute Gasteiger partial charge is 0.494 e. The van der Waals surface area contributed by atoms with Crippen LogP contribution >= 0.6 is 0 Å². The van der Waals surface area contributed by atoms with E-state index < -0.39 is 0 Å². The Balaban J connectivity index is 1.05. The number of carbonyl (C=O) groups excluding carboxylic acids is 1. The van der Waals surface area contributed by atoms with Gasteiger partial charge in [0, 0.05) is 51.8 Å². The van der Waals surface area contributed by atoms with Gasteiger partial charge in [0.2, 0.25) is 0 Å². The second kappa shape index (κ2) is 13.9. The van der Waals surface area contributed by atoms with Crippen molar-refractivity contribution in [1.82, 2.24) is 20.0 Å². The van der Waals surface area contributed by atoms with Gasteiger partial charge in [0.05, 0.1) is 17.7 Å². The van der Waals surface area contributed by atoms with E-state index in [4.69, 9.17) is 9.47 Å². The zero-order valence-electron chi connectivity index (χ0n) is 23.2. The lowest BCUT2D eigenvalue weighted by molar-refractivity contribution is 0.0947. The Bertz CT molecular complexity index is 1350. The number of hydrogen-bond acceptors (Lipinski definition) is 8. The van der Waals surface area contributed by atoms with Gasteiger partial charge >= 0.3 is 0 Å². The molecule has 210 valence electrons. The van der Waals surface area contributed by atoms with Gasteiger partial charge in [0.15, 0.2) is 0 Å². The molecule has 2 aromatic carbocycles. The summed E-state index contributed by atoms with van der Waals surface area (Å²) in [5.41, 5.74) is 3.07. The Kier molecular flexibility index (Phi) is 9.58. The number of ether oxygens (including phenoxy) is 2. The van der Waals surface area contributed by atoms with E-state index in [1.54, 1.807) is 13.3 Å². The van der Waals surface area contributed by atoms with Crippen LogP contribution in [-0.4, -0.2) is 72.4 Å². The number of anilines is 2. The number of rotatable bonds is 13. The Morgan fingerprint density at radius 2 is 1.50 bits per heavy atom. The summed E-state index contributed by atoms with van der Waals surface area (Å²) in [6.45, 7) is 5.15. The zero-order chi connectivity index (χ0) is 27.6. The highest BCUT2D eigenvalue weighted by molar-refractivity contribution is 6.00. The molecule has 0 N–H and O–H groups in total. The molecule has 0 bridgehead atoms. The predicted octanol–water partition coefficient (Wildman–Crippen LogP) is 5.21. The van der Waals surface area contributed by atoms with Crippen molar-refractivity contribution < 1.29 is 14.3 Å². The lowest BCUT2D eigenvalue weighted by Gasteiger charge is -2.36. The van der Waals surface area contributed by atoms with Crippen LogP contribution < -0.4 is 14.5 Å². The van der Waals surface area contributed by atoms with Crippen LogP contribution in [0, 0.1) is 0 Å². The van der Waals surface area contributed by atoms with E-state index in [-0.39, 0.29) is 5.91 Å². The van der Waals surface area contributed by atoms with Gasteiger partial charge in [-0.05, 0) is 61.4 Å². The summed E-state index contributed by atoms with van der Waals surface area (Å²) >= 11 is 0. The monoisotopic (exact) mass is 542 g/mol. The fourth-order valence-electron chi connectivity index (χ4n) is 5.03. The van der Waals surface area contributed by atoms with E-state index >= 15 is 0 Å². The van der Waals surface area contributed by atoms with Crippen LogP contribution in [0.1, 0.15) is 48.9 Å². The van der Waals surface area contributed by atoms with Crippen LogP contribution in [0.15, 0.2) is 66.9 Å². The number of hydrogen-bond donors (Lipinski definition) is 0. The summed E-state index contributed by atoms with van der Waals surface area (Å²) in [5.74, 6) is 1.57. The number of carbonyl (C=O) groups is 1. The molecule has 5 rings (SSSR count). The van der Waals surface area contributed by atoms with Crippen LogP contribution in [0.2, 0.25) is 0 Å². The first kappa shape index (κ1) is 27.6. The number of pyridine rings is 1. The maximum Gasteiger partial charge on any atom is 0.281 e. The molecule has 4 aromatic rings. The standard InChI is InChI=1S/C31H38N6O3/c1-39-22-8-4-2-3-5-9-23-40-27-15-13-26(14-16-27)35-18-20-36(21-19-35)30-17-12-25(24-32-30)31(38)37-29-11-7-6-10-28(29)33-34-37/h6-7,10-17,24H,2-5,8-9,18-23H2,1H3. The van der Waals surface area contributed by atoms with Crippen molar-refractivity contribution in [2.24, 2.45) is 0 Å². The summed E-state index contributed by atoms with van der Waals surface area (Å²) in [4.78, 5) is 22.2. The summed E-state index contributed by atoms with van der Waals surface area (Å²) in [6, 6.07) is 19.6. The molecule has 0 spiro atoms. The minimum absolute atomic E-state index is 0.237. The molecule has 0 unspecified atom stereocenters. The van der Waals surface area contributed by atoms with Crippen molar-refractivity contribution in [2.45, 2.75) is 38.5 Å². The molecule has 0 radical (unpaired) electrons. The van der Waals surface area contributed by atoms with Crippen LogP contribution in [0.3, 0.4) is 0 Å². The Hall–Kier alpha value is -3.98. The Labute approximate surface area is 235 Å². The highest BCUT2D eigenvalue weighted by atomic mass is 16.5. The topological polar surface area (TPSA) is 85.6 Å². The highest BCUT2D eigenvalue weighted by Gasteiger charge is 2.20. The number of piperazine rings is 1. The minimum atomic E-state index is -0.237. The average Bonchev–Trinajstić information content (AvgIpc) is 3.45. The van der Waals surface area contributed by atoms with Crippen LogP contribution in [0.5, 0.6) is 5.75 Å². The summed E-state index contributed by atoms with van der Waals surface area (Å²) < 4.78 is 12.4. The Morgan fingerprint density at radius 1 is 0.800 bits per heavy atom. The second-order valence-electron chi connectivity index (χ2n) is 10.1. The summed E-state index contributed by atoms with van der Waals surface area (Å²) in [5, 5.41) is 8.10. The van der Waals surface area contributed by atoms with Crippen molar-refractivity contribution in [3.63, 3.8) is 0 Å². The smallest absolute Gasteiger partial charge is 0.281 e. The molecule has 40 heavy (non-hydrogen) atoms. The molecular formula is C31H38N6O3. The number of fused-ring (bicyclic) bond motifs is 1. The number of methoxy groups -OCH3 is 1. The molecule has 0 saturated carbocycles. The maximum atomic E-state index is 13.0. The summed E-state index contributed by atoms with van der Waals surface area (Å²) in [7, 11) is 1.76. The van der Waals surface area contributed by atoms with Crippen LogP contribution in [-0.2, 0) is 4.74 Å². The van der Waals surface area contributed by atoms with E-state index in [1.165, 1.54) is 36.1 Å². The van der Waals surface area contributed by atoms with E-state index in [9.17, 15) is 4.79 Å². The zero-order valence-corrected chi connectivity index (χ0v) is 23.2. The minimum Gasteiger partial charge on any atom is -0.494 e. The third-order valence-electron chi connectivity index (χ3n) is 7.36. The van der Waals surface area contributed by atoms with E-state index in [0.717, 1.165) is 63.8 Å². The molecule has 0 amide bonds. The third-order valence-corrected chi connectivity index (χ3v) is 7.36. The normalized spacial score (nSPS) is 13.6. The molecule has 1 fully saturated rings. The van der Waals surface area contributed by atoms with Crippen LogP contribution in [0.4, 0.5) is 11.5 Å². The number of unbranched alkanes of at least 4 members (excludes halogenated alkanes) is 5. The van der Waals surface area contributed by atoms with Crippen LogP contribution in [0.25, 0.3) is 11.0 Å². The molecule has 2 aromatic heterocycles. The third kappa shape index (κ3) is 6.96. The predicted molar refractivity (Wildman–Crippen MR) is 157 cm³/mol. The summed E-state index contributed by atoms with van der Waals surface area (Å²) in [6.07, 6.45) is 8.87. The molecule has 1 aliphatic heterocycles. The average molecular weight is 543 g/mol. The number of para-hydroxylation sites is 1. The van der Waals surface area contributed by atoms with Gasteiger partial charge in [0.25, 0.3) is 5.91 Å². The first-order valence-corrected chi connectivity index (χ1v) is 14.3. The van der Waals surface area contributed by atoms with Crippen molar-refractivity contribution in [3.8, 4) is 5.75 Å². The molecule has 0 atom stereocenters. The quantitative estimate of drug-likeness (QED) is 0.213. The fraction of sp³-hybridized carbons (Fsp3) is 0.419. The van der Waals surface area contributed by atoms with Crippen molar-refractivity contribution >= 4 is 28.4 Å². The van der Waals surface area contributed by atoms with Gasteiger partial charge < -0.3 is 19.3 Å². The fourth-order valence-corrected chi connectivity index (χ4v) is 5.03. The first-order chi connectivity index (χ1) is 19.7. The van der Waals surface area contributed by atoms with Crippen molar-refractivity contribution in [1.29, 1.82) is 0 Å². The molecule has 1 aliphatic rings. The van der Waals surface area contributed by atoms with Gasteiger partial charge in [0.1, 0.15) is 17.1 Å². The van der Waals surface area contributed by atoms with Gasteiger partial charge in [-0.15, -0.1) is 5.10 Å². The number of aromatic nitrogens is 4. The van der Waals surface area contributed by atoms with Gasteiger partial charge in [-0.25, -0.2) is 4.98 Å². The van der Waals surface area contributed by atoms with Gasteiger partial charge in [-0.1, -0.05) is 43.0 Å². The maximum absolute atomic E-state index is 13.0. The molecule has 3 heterocycles. The van der Waals surface area contributed by atoms with E-state index in [1.807, 2.05) is 36.4 Å². The van der Waals surface area contributed by atoms with E-state index in [2.05, 4.69) is 49.4 Å². The van der Waals surface area contributed by atoms with E-state index in [0.29, 0.717) is 16.6 Å². The Morgan fingerprint density at radius 3 is 2.23 bits per heavy atom. The number of nitrogens with zero attached hydrogens (tertiary/aromatic N) is 6. The van der Waals surface area contributed by atoms with Crippen molar-refractivity contribution in [3.05, 3.63) is 72.4 Å². The molecule has 0 aliphatic carbocycles. The lowest BCUT2D eigenvalue weighted by atomic mass is 10.1. The SMILES string of the molecule is COCCCCCCCCOc1ccc(N2CCN(c3ccc(C(=O)n4nnc5ccccc54)cn3)CC2)cc1. The first-order valence-electron chi connectivity index (χ1n) is 14.3. The highest BCUT2D eigenvalue weighted by Crippen LogP contribution is 2.23. The molecule has 1 saturated heterocycles. The second-order valence-corrected chi connectivity index (χ2v) is 10.1. The van der Waals surface area contributed by atoms with Crippen molar-refractivity contribution in [2.75, 3.05) is 56.3 Å². The van der Waals surface area contributed by atoms with Gasteiger partial charge in [-0.3, -0.25) is 4.79 Å². The molecular weight excluding hydrogens is 504 g/mol. The number of benzene rings is 2. The lowest BCUT2D eigenvalue weighted by Crippen LogP contribution is -2.46.